The molecule has 0 bridgehead atoms. The van der Waals surface area contributed by atoms with Crippen molar-refractivity contribution in [1.82, 2.24) is 0 Å². The lowest BCUT2D eigenvalue weighted by Gasteiger charge is -2.24. The SMILES string of the molecule is Cc1cccc(C2(c3cccc(C)c3)CC23C(=O)Nc2ccc(Br)cc23)c1. The van der Waals surface area contributed by atoms with Crippen LogP contribution in [0, 0.1) is 13.8 Å². The zero-order valence-electron chi connectivity index (χ0n) is 15.3. The number of amides is 1. The second kappa shape index (κ2) is 5.56. The molecule has 1 unspecified atom stereocenters. The predicted octanol–water partition coefficient (Wildman–Crippen LogP) is 5.65. The maximum Gasteiger partial charge on any atom is 0.236 e. The van der Waals surface area contributed by atoms with Crippen molar-refractivity contribution < 1.29 is 4.79 Å². The van der Waals surface area contributed by atoms with Gasteiger partial charge in [-0.05, 0) is 55.2 Å². The number of hydrogen-bond donors (Lipinski definition) is 1. The molecule has 1 saturated carbocycles. The van der Waals surface area contributed by atoms with Gasteiger partial charge in [-0.15, -0.1) is 0 Å². The Kier molecular flexibility index (Phi) is 3.45. The fourth-order valence-electron chi connectivity index (χ4n) is 4.97. The predicted molar refractivity (Wildman–Crippen MR) is 112 cm³/mol. The summed E-state index contributed by atoms with van der Waals surface area (Å²) in [6, 6.07) is 23.3. The summed E-state index contributed by atoms with van der Waals surface area (Å²) in [6.07, 6.45) is 0.794. The van der Waals surface area contributed by atoms with Crippen molar-refractivity contribution in [3.63, 3.8) is 0 Å². The minimum atomic E-state index is -0.548. The first-order chi connectivity index (χ1) is 13.0. The fraction of sp³-hybridized carbons (Fsp3) is 0.208. The molecule has 27 heavy (non-hydrogen) atoms. The highest BCUT2D eigenvalue weighted by atomic mass is 79.9. The Morgan fingerprint density at radius 1 is 0.852 bits per heavy atom. The van der Waals surface area contributed by atoms with E-state index in [1.54, 1.807) is 0 Å². The second-order valence-electron chi connectivity index (χ2n) is 7.87. The van der Waals surface area contributed by atoms with E-state index in [1.807, 2.05) is 12.1 Å². The van der Waals surface area contributed by atoms with Gasteiger partial charge in [0.1, 0.15) is 0 Å². The lowest BCUT2D eigenvalue weighted by Crippen LogP contribution is -2.30. The number of fused-ring (bicyclic) bond motifs is 2. The third kappa shape index (κ3) is 2.15. The van der Waals surface area contributed by atoms with Gasteiger partial charge in [-0.1, -0.05) is 75.6 Å². The maximum atomic E-state index is 13.3. The third-order valence-electron chi connectivity index (χ3n) is 6.23. The van der Waals surface area contributed by atoms with Crippen LogP contribution in [0.3, 0.4) is 0 Å². The van der Waals surface area contributed by atoms with Crippen molar-refractivity contribution in [2.75, 3.05) is 5.32 Å². The Hall–Kier alpha value is -2.39. The Bertz CT molecular complexity index is 1060. The van der Waals surface area contributed by atoms with Crippen LogP contribution >= 0.6 is 15.9 Å². The van der Waals surface area contributed by atoms with Crippen LogP contribution in [0.15, 0.2) is 71.2 Å². The molecular formula is C24H20BrNO. The maximum absolute atomic E-state index is 13.3. The zero-order valence-corrected chi connectivity index (χ0v) is 16.9. The van der Waals surface area contributed by atoms with Crippen LogP contribution < -0.4 is 5.32 Å². The minimum Gasteiger partial charge on any atom is -0.325 e. The molecule has 0 radical (unpaired) electrons. The topological polar surface area (TPSA) is 29.1 Å². The summed E-state index contributed by atoms with van der Waals surface area (Å²) in [4.78, 5) is 13.3. The third-order valence-corrected chi connectivity index (χ3v) is 6.73. The van der Waals surface area contributed by atoms with Gasteiger partial charge in [0.05, 0.1) is 5.41 Å². The summed E-state index contributed by atoms with van der Waals surface area (Å²) in [5, 5.41) is 3.14. The molecule has 134 valence electrons. The molecule has 1 fully saturated rings. The van der Waals surface area contributed by atoms with Crippen LogP contribution in [0.1, 0.15) is 34.2 Å². The van der Waals surface area contributed by atoms with Gasteiger partial charge < -0.3 is 5.32 Å². The Balaban J connectivity index is 1.81. The molecule has 2 nitrogen and oxygen atoms in total. The molecule has 0 aromatic heterocycles. The molecule has 1 atom stereocenters. The number of rotatable bonds is 2. The highest BCUT2D eigenvalue weighted by molar-refractivity contribution is 9.10. The van der Waals surface area contributed by atoms with E-state index in [0.29, 0.717) is 0 Å². The zero-order chi connectivity index (χ0) is 18.8. The van der Waals surface area contributed by atoms with E-state index in [0.717, 1.165) is 22.1 Å². The lowest BCUT2D eigenvalue weighted by atomic mass is 9.77. The van der Waals surface area contributed by atoms with E-state index >= 15 is 0 Å². The van der Waals surface area contributed by atoms with E-state index in [2.05, 4.69) is 89.7 Å². The molecule has 1 aliphatic heterocycles. The minimum absolute atomic E-state index is 0.110. The van der Waals surface area contributed by atoms with Gasteiger partial charge in [0.2, 0.25) is 5.91 Å². The average Bonchev–Trinajstić information content (AvgIpc) is 3.28. The monoisotopic (exact) mass is 417 g/mol. The van der Waals surface area contributed by atoms with Crippen LogP contribution in [0.4, 0.5) is 5.69 Å². The Morgan fingerprint density at radius 3 is 2.07 bits per heavy atom. The van der Waals surface area contributed by atoms with Gasteiger partial charge in [0.15, 0.2) is 0 Å². The average molecular weight is 418 g/mol. The number of hydrogen-bond acceptors (Lipinski definition) is 1. The summed E-state index contributed by atoms with van der Waals surface area (Å²) in [5.41, 5.74) is 6.03. The molecule has 3 aromatic carbocycles. The van der Waals surface area contributed by atoms with Gasteiger partial charge in [0.25, 0.3) is 0 Å². The van der Waals surface area contributed by atoms with E-state index in [4.69, 9.17) is 0 Å². The Labute approximate surface area is 167 Å². The highest BCUT2D eigenvalue weighted by Gasteiger charge is 2.76. The summed E-state index contributed by atoms with van der Waals surface area (Å²) < 4.78 is 1.01. The molecule has 1 amide bonds. The molecule has 1 N–H and O–H groups in total. The van der Waals surface area contributed by atoms with Crippen LogP contribution in [0.25, 0.3) is 0 Å². The number of benzene rings is 3. The lowest BCUT2D eigenvalue weighted by molar-refractivity contribution is -0.118. The molecular weight excluding hydrogens is 398 g/mol. The molecule has 0 saturated heterocycles. The van der Waals surface area contributed by atoms with Gasteiger partial charge >= 0.3 is 0 Å². The smallest absolute Gasteiger partial charge is 0.236 e. The van der Waals surface area contributed by atoms with Crippen molar-refractivity contribution in [1.29, 1.82) is 0 Å². The van der Waals surface area contributed by atoms with Crippen molar-refractivity contribution >= 4 is 27.5 Å². The van der Waals surface area contributed by atoms with Crippen LogP contribution in [-0.2, 0) is 15.6 Å². The first-order valence-electron chi connectivity index (χ1n) is 9.23. The van der Waals surface area contributed by atoms with Gasteiger partial charge in [-0.2, -0.15) is 0 Å². The standard InChI is InChI=1S/C24H20BrNO/c1-15-5-3-7-17(11-15)23(18-8-4-6-16(2)12-18)14-24(23)20-13-19(25)9-10-21(20)26-22(24)27/h3-13H,14H2,1-2H3,(H,26,27). The quantitative estimate of drug-likeness (QED) is 0.573. The number of halogens is 1. The van der Waals surface area contributed by atoms with E-state index in [-0.39, 0.29) is 11.3 Å². The molecule has 3 aromatic rings. The number of carbonyl (C=O) groups is 1. The first-order valence-corrected chi connectivity index (χ1v) is 10.0. The summed E-state index contributed by atoms with van der Waals surface area (Å²) in [6.45, 7) is 4.23. The van der Waals surface area contributed by atoms with Crippen LogP contribution in [-0.4, -0.2) is 5.91 Å². The van der Waals surface area contributed by atoms with E-state index in [1.165, 1.54) is 22.3 Å². The summed E-state index contributed by atoms with van der Waals surface area (Å²) in [7, 11) is 0. The summed E-state index contributed by atoms with van der Waals surface area (Å²) in [5.74, 6) is 0.110. The highest BCUT2D eigenvalue weighted by Crippen LogP contribution is 2.72. The molecule has 1 heterocycles. The number of anilines is 1. The first kappa shape index (κ1) is 16.8. The van der Waals surface area contributed by atoms with Crippen molar-refractivity contribution in [3.8, 4) is 0 Å². The molecule has 5 rings (SSSR count). The number of carbonyl (C=O) groups excluding carboxylic acids is 1. The number of nitrogens with one attached hydrogen (secondary N) is 1. The van der Waals surface area contributed by atoms with Gasteiger partial charge in [-0.3, -0.25) is 4.79 Å². The molecule has 3 heteroatoms. The van der Waals surface area contributed by atoms with Crippen molar-refractivity contribution in [2.45, 2.75) is 31.1 Å². The fourth-order valence-corrected chi connectivity index (χ4v) is 5.33. The van der Waals surface area contributed by atoms with Crippen LogP contribution in [0.5, 0.6) is 0 Å². The molecule has 1 spiro atoms. The van der Waals surface area contributed by atoms with Crippen LogP contribution in [0.2, 0.25) is 0 Å². The van der Waals surface area contributed by atoms with Crippen molar-refractivity contribution in [2.24, 2.45) is 0 Å². The normalized spacial score (nSPS) is 21.8. The van der Waals surface area contributed by atoms with E-state index < -0.39 is 5.41 Å². The van der Waals surface area contributed by atoms with Gasteiger partial charge in [0, 0.05) is 15.6 Å². The van der Waals surface area contributed by atoms with E-state index in [9.17, 15) is 4.79 Å². The number of aryl methyl sites for hydroxylation is 2. The second-order valence-corrected chi connectivity index (χ2v) is 8.79. The van der Waals surface area contributed by atoms with Crippen molar-refractivity contribution in [3.05, 3.63) is 99.0 Å². The summed E-state index contributed by atoms with van der Waals surface area (Å²) >= 11 is 3.60. The molecule has 1 aliphatic carbocycles. The Morgan fingerprint density at radius 2 is 1.48 bits per heavy atom. The van der Waals surface area contributed by atoms with Gasteiger partial charge in [-0.25, -0.2) is 0 Å². The molecule has 2 aliphatic rings. The largest absolute Gasteiger partial charge is 0.325 e.